The number of benzene rings is 1. The van der Waals surface area contributed by atoms with Crippen molar-refractivity contribution >= 4 is 11.6 Å². The highest BCUT2D eigenvalue weighted by atomic mass is 35.5. The van der Waals surface area contributed by atoms with E-state index >= 15 is 0 Å². The van der Waals surface area contributed by atoms with Crippen molar-refractivity contribution < 1.29 is 39.8 Å². The number of rotatable bonds is 8. The SMILES string of the molecule is COCCCNCC(=O)Nc1ccc(OC(F)(F)F)cc1.[Cl-]. The van der Waals surface area contributed by atoms with Crippen molar-refractivity contribution in [3.8, 4) is 5.75 Å². The van der Waals surface area contributed by atoms with Crippen LogP contribution in [-0.2, 0) is 9.53 Å². The molecule has 126 valence electrons. The second-order valence-electron chi connectivity index (χ2n) is 4.14. The Morgan fingerprint density at radius 1 is 1.23 bits per heavy atom. The first-order valence-electron chi connectivity index (χ1n) is 6.26. The maximum absolute atomic E-state index is 12.0. The molecule has 1 aromatic rings. The minimum Gasteiger partial charge on any atom is -1.00 e. The average molecular weight is 342 g/mol. The molecule has 0 aromatic heterocycles. The molecule has 0 bridgehead atoms. The number of amides is 1. The summed E-state index contributed by atoms with van der Waals surface area (Å²) >= 11 is 0. The second kappa shape index (κ2) is 10.3. The van der Waals surface area contributed by atoms with Crippen molar-refractivity contribution in [2.24, 2.45) is 0 Å². The maximum atomic E-state index is 12.0. The lowest BCUT2D eigenvalue weighted by atomic mass is 10.3. The number of methoxy groups -OCH3 is 1. The first-order chi connectivity index (χ1) is 9.90. The van der Waals surface area contributed by atoms with Gasteiger partial charge in [0.15, 0.2) is 0 Å². The molecule has 0 radical (unpaired) electrons. The van der Waals surface area contributed by atoms with E-state index in [1.165, 1.54) is 12.1 Å². The van der Waals surface area contributed by atoms with E-state index in [0.717, 1.165) is 18.6 Å². The third-order valence-corrected chi connectivity index (χ3v) is 2.36. The molecule has 0 aliphatic rings. The fraction of sp³-hybridized carbons (Fsp3) is 0.462. The van der Waals surface area contributed by atoms with Crippen molar-refractivity contribution in [1.82, 2.24) is 5.32 Å². The summed E-state index contributed by atoms with van der Waals surface area (Å²) in [6.45, 7) is 1.36. The van der Waals surface area contributed by atoms with Gasteiger partial charge in [0.1, 0.15) is 5.75 Å². The van der Waals surface area contributed by atoms with Crippen LogP contribution >= 0.6 is 0 Å². The lowest BCUT2D eigenvalue weighted by Crippen LogP contribution is -3.00. The molecule has 22 heavy (non-hydrogen) atoms. The van der Waals surface area contributed by atoms with E-state index in [1.54, 1.807) is 7.11 Å². The largest absolute Gasteiger partial charge is 1.00 e. The van der Waals surface area contributed by atoms with Gasteiger partial charge in [0.05, 0.1) is 6.54 Å². The van der Waals surface area contributed by atoms with Gasteiger partial charge in [-0.15, -0.1) is 13.2 Å². The zero-order valence-electron chi connectivity index (χ0n) is 11.9. The molecule has 0 saturated carbocycles. The smallest absolute Gasteiger partial charge is 0.573 e. The van der Waals surface area contributed by atoms with Crippen LogP contribution in [0.2, 0.25) is 0 Å². The molecule has 1 rings (SSSR count). The Kier molecular flexibility index (Phi) is 9.55. The number of hydrogen-bond acceptors (Lipinski definition) is 4. The van der Waals surface area contributed by atoms with E-state index in [2.05, 4.69) is 15.4 Å². The Hall–Kier alpha value is -1.51. The summed E-state index contributed by atoms with van der Waals surface area (Å²) < 4.78 is 44.5. The van der Waals surface area contributed by atoms with Gasteiger partial charge in [0, 0.05) is 19.4 Å². The van der Waals surface area contributed by atoms with Crippen LogP contribution in [0, 0.1) is 0 Å². The monoisotopic (exact) mass is 341 g/mol. The zero-order chi connectivity index (χ0) is 15.7. The van der Waals surface area contributed by atoms with Crippen LogP contribution in [0.1, 0.15) is 6.42 Å². The van der Waals surface area contributed by atoms with Crippen molar-refractivity contribution in [2.75, 3.05) is 32.1 Å². The molecule has 5 nitrogen and oxygen atoms in total. The van der Waals surface area contributed by atoms with Crippen LogP contribution in [-0.4, -0.2) is 39.1 Å². The van der Waals surface area contributed by atoms with Crippen LogP contribution in [0.5, 0.6) is 5.75 Å². The van der Waals surface area contributed by atoms with Gasteiger partial charge in [-0.05, 0) is 37.2 Å². The molecule has 0 aliphatic carbocycles. The van der Waals surface area contributed by atoms with E-state index < -0.39 is 6.36 Å². The number of anilines is 1. The Bertz CT molecular complexity index is 441. The summed E-state index contributed by atoms with van der Waals surface area (Å²) in [4.78, 5) is 11.5. The minimum atomic E-state index is -4.73. The van der Waals surface area contributed by atoms with E-state index in [1.807, 2.05) is 0 Å². The standard InChI is InChI=1S/C13H17F3N2O3.ClH/c1-20-8-2-7-17-9-12(19)18-10-3-5-11(6-4-10)21-13(14,15)16;/h3-6,17H,2,7-9H2,1H3,(H,18,19);1H/p-1. The summed E-state index contributed by atoms with van der Waals surface area (Å²) in [6.07, 6.45) is -3.94. The van der Waals surface area contributed by atoms with Crippen molar-refractivity contribution in [2.45, 2.75) is 12.8 Å². The highest BCUT2D eigenvalue weighted by Gasteiger charge is 2.30. The van der Waals surface area contributed by atoms with Gasteiger partial charge < -0.3 is 32.5 Å². The molecule has 0 heterocycles. The van der Waals surface area contributed by atoms with Gasteiger partial charge in [-0.1, -0.05) is 0 Å². The summed E-state index contributed by atoms with van der Waals surface area (Å²) in [5.74, 6) is -0.616. The number of carbonyl (C=O) groups is 1. The molecular weight excluding hydrogens is 325 g/mol. The average Bonchev–Trinajstić information content (AvgIpc) is 2.39. The fourth-order valence-corrected chi connectivity index (χ4v) is 1.49. The third kappa shape index (κ3) is 9.43. The summed E-state index contributed by atoms with van der Waals surface area (Å²) in [6, 6.07) is 4.94. The molecule has 0 fully saturated rings. The predicted molar refractivity (Wildman–Crippen MR) is 71.1 cm³/mol. The Balaban J connectivity index is 0.00000441. The predicted octanol–water partition coefficient (Wildman–Crippen LogP) is -0.846. The molecule has 2 N–H and O–H groups in total. The van der Waals surface area contributed by atoms with Crippen molar-refractivity contribution in [3.05, 3.63) is 24.3 Å². The molecule has 0 aliphatic heterocycles. The quantitative estimate of drug-likeness (QED) is 0.605. The second-order valence-corrected chi connectivity index (χ2v) is 4.14. The van der Waals surface area contributed by atoms with Crippen LogP contribution in [0.15, 0.2) is 24.3 Å². The van der Waals surface area contributed by atoms with Crippen LogP contribution in [0.25, 0.3) is 0 Å². The van der Waals surface area contributed by atoms with Crippen molar-refractivity contribution in [3.63, 3.8) is 0 Å². The van der Waals surface area contributed by atoms with E-state index in [-0.39, 0.29) is 30.6 Å². The lowest BCUT2D eigenvalue weighted by molar-refractivity contribution is -0.274. The molecular formula is C13H17ClF3N2O3-. The molecule has 0 spiro atoms. The molecule has 1 aromatic carbocycles. The van der Waals surface area contributed by atoms with E-state index in [0.29, 0.717) is 18.8 Å². The first-order valence-corrected chi connectivity index (χ1v) is 6.26. The molecule has 0 atom stereocenters. The van der Waals surface area contributed by atoms with Crippen molar-refractivity contribution in [1.29, 1.82) is 0 Å². The third-order valence-electron chi connectivity index (χ3n) is 2.36. The fourth-order valence-electron chi connectivity index (χ4n) is 1.49. The summed E-state index contributed by atoms with van der Waals surface area (Å²) in [5, 5.41) is 5.47. The number of nitrogens with one attached hydrogen (secondary N) is 2. The Morgan fingerprint density at radius 3 is 2.41 bits per heavy atom. The topological polar surface area (TPSA) is 59.6 Å². The minimum absolute atomic E-state index is 0. The van der Waals surface area contributed by atoms with Crippen LogP contribution in [0.3, 0.4) is 0 Å². The lowest BCUT2D eigenvalue weighted by Gasteiger charge is -2.10. The van der Waals surface area contributed by atoms with E-state index in [4.69, 9.17) is 4.74 Å². The highest BCUT2D eigenvalue weighted by Crippen LogP contribution is 2.23. The zero-order valence-corrected chi connectivity index (χ0v) is 12.6. The van der Waals surface area contributed by atoms with E-state index in [9.17, 15) is 18.0 Å². The molecule has 0 saturated heterocycles. The van der Waals surface area contributed by atoms with Gasteiger partial charge in [0.2, 0.25) is 5.91 Å². The first kappa shape index (κ1) is 20.5. The number of alkyl halides is 3. The number of hydrogen-bond donors (Lipinski definition) is 2. The van der Waals surface area contributed by atoms with Gasteiger partial charge >= 0.3 is 6.36 Å². The van der Waals surface area contributed by atoms with Gasteiger partial charge in [-0.25, -0.2) is 0 Å². The maximum Gasteiger partial charge on any atom is 0.573 e. The normalized spacial score (nSPS) is 10.7. The molecule has 0 unspecified atom stereocenters. The van der Waals surface area contributed by atoms with Gasteiger partial charge in [-0.2, -0.15) is 0 Å². The summed E-state index contributed by atoms with van der Waals surface area (Å²) in [7, 11) is 1.60. The van der Waals surface area contributed by atoms with Crippen LogP contribution < -0.4 is 27.8 Å². The molecule has 1 amide bonds. The number of ether oxygens (including phenoxy) is 2. The Labute approximate surface area is 132 Å². The van der Waals surface area contributed by atoms with Gasteiger partial charge in [-0.3, -0.25) is 4.79 Å². The molecule has 9 heteroatoms. The number of halogens is 4. The highest BCUT2D eigenvalue weighted by molar-refractivity contribution is 5.92. The van der Waals surface area contributed by atoms with Crippen LogP contribution in [0.4, 0.5) is 18.9 Å². The summed E-state index contributed by atoms with van der Waals surface area (Å²) in [5.41, 5.74) is 0.396. The van der Waals surface area contributed by atoms with Gasteiger partial charge in [0.25, 0.3) is 0 Å². The number of carbonyl (C=O) groups excluding carboxylic acids is 1. The Morgan fingerprint density at radius 2 is 1.86 bits per heavy atom.